The molecule has 0 radical (unpaired) electrons. The third-order valence-corrected chi connectivity index (χ3v) is 4.67. The smallest absolute Gasteiger partial charge is 0.214 e. The van der Waals surface area contributed by atoms with Crippen molar-refractivity contribution in [3.8, 4) is 0 Å². The van der Waals surface area contributed by atoms with Crippen LogP contribution in [-0.2, 0) is 14.8 Å². The van der Waals surface area contributed by atoms with Crippen molar-refractivity contribution >= 4 is 10.0 Å². The lowest BCUT2D eigenvalue weighted by Gasteiger charge is -2.23. The molecule has 96 valence electrons. The summed E-state index contributed by atoms with van der Waals surface area (Å²) in [7, 11) is -3.29. The van der Waals surface area contributed by atoms with Gasteiger partial charge in [0.25, 0.3) is 0 Å². The maximum absolute atomic E-state index is 11.8. The van der Waals surface area contributed by atoms with E-state index in [1.54, 1.807) is 0 Å². The zero-order chi connectivity index (χ0) is 12.0. The molecular weight excluding hydrogens is 230 g/mol. The fourth-order valence-corrected chi connectivity index (χ4v) is 3.23. The van der Waals surface area contributed by atoms with E-state index in [0.717, 1.165) is 6.42 Å². The van der Waals surface area contributed by atoms with Crippen LogP contribution in [0.15, 0.2) is 0 Å². The van der Waals surface area contributed by atoms with Crippen molar-refractivity contribution in [2.45, 2.75) is 44.0 Å². The maximum atomic E-state index is 11.8. The molecule has 1 aliphatic heterocycles. The van der Waals surface area contributed by atoms with Crippen LogP contribution in [0.4, 0.5) is 0 Å². The molecule has 16 heavy (non-hydrogen) atoms. The molecule has 1 saturated heterocycles. The molecule has 6 heteroatoms. The number of sulfonamides is 1. The van der Waals surface area contributed by atoms with Gasteiger partial charge in [0.05, 0.1) is 11.4 Å². The van der Waals surface area contributed by atoms with E-state index in [1.165, 1.54) is 0 Å². The topological polar surface area (TPSA) is 75.6 Å². The third kappa shape index (κ3) is 4.37. The van der Waals surface area contributed by atoms with Gasteiger partial charge in [-0.1, -0.05) is 13.3 Å². The minimum Gasteiger partial charge on any atom is -0.392 e. The molecule has 0 saturated carbocycles. The Bertz CT molecular complexity index is 285. The number of nitrogens with one attached hydrogen (secondary N) is 1. The van der Waals surface area contributed by atoms with E-state index in [9.17, 15) is 13.5 Å². The minimum absolute atomic E-state index is 0.119. The highest BCUT2D eigenvalue weighted by atomic mass is 32.2. The van der Waals surface area contributed by atoms with Crippen LogP contribution < -0.4 is 4.72 Å². The van der Waals surface area contributed by atoms with E-state index < -0.39 is 16.1 Å². The van der Waals surface area contributed by atoms with Crippen molar-refractivity contribution in [1.82, 2.24) is 4.72 Å². The maximum Gasteiger partial charge on any atom is 0.214 e. The molecule has 1 heterocycles. The molecule has 1 aliphatic rings. The summed E-state index contributed by atoms with van der Waals surface area (Å²) in [5, 5.41) is 9.09. The second-order valence-corrected chi connectivity index (χ2v) is 6.19. The zero-order valence-electron chi connectivity index (χ0n) is 9.68. The van der Waals surface area contributed by atoms with Gasteiger partial charge >= 0.3 is 0 Å². The second-order valence-electron chi connectivity index (χ2n) is 4.15. The molecule has 0 aromatic rings. The first-order valence-corrected chi connectivity index (χ1v) is 7.35. The van der Waals surface area contributed by atoms with Crippen molar-refractivity contribution < 1.29 is 18.3 Å². The Morgan fingerprint density at radius 1 is 1.44 bits per heavy atom. The van der Waals surface area contributed by atoms with Gasteiger partial charge in [-0.25, -0.2) is 13.1 Å². The first-order valence-electron chi connectivity index (χ1n) is 5.80. The van der Waals surface area contributed by atoms with Gasteiger partial charge in [-0.2, -0.15) is 0 Å². The van der Waals surface area contributed by atoms with Crippen molar-refractivity contribution in [1.29, 1.82) is 0 Å². The summed E-state index contributed by atoms with van der Waals surface area (Å²) >= 11 is 0. The van der Waals surface area contributed by atoms with Crippen LogP contribution in [0, 0.1) is 0 Å². The third-order valence-electron chi connectivity index (χ3n) is 2.75. The summed E-state index contributed by atoms with van der Waals surface area (Å²) in [5.41, 5.74) is 0. The van der Waals surface area contributed by atoms with Gasteiger partial charge < -0.3 is 9.84 Å². The van der Waals surface area contributed by atoms with E-state index >= 15 is 0 Å². The summed E-state index contributed by atoms with van der Waals surface area (Å²) in [6, 6.07) is 0. The molecule has 2 N–H and O–H groups in total. The molecule has 0 bridgehead atoms. The van der Waals surface area contributed by atoms with Crippen LogP contribution in [0.5, 0.6) is 0 Å². The van der Waals surface area contributed by atoms with Gasteiger partial charge in [-0.15, -0.1) is 0 Å². The summed E-state index contributed by atoms with van der Waals surface area (Å²) in [4.78, 5) is 0. The van der Waals surface area contributed by atoms with Gasteiger partial charge in [-0.05, 0) is 19.3 Å². The van der Waals surface area contributed by atoms with Crippen molar-refractivity contribution in [2.75, 3.05) is 19.8 Å². The predicted octanol–water partition coefficient (Wildman–Crippen LogP) is 0.246. The Balaban J connectivity index is 2.38. The molecule has 0 aromatic carbocycles. The Labute approximate surface area is 97.2 Å². The quantitative estimate of drug-likeness (QED) is 0.709. The predicted molar refractivity (Wildman–Crippen MR) is 61.7 cm³/mol. The molecule has 0 aliphatic carbocycles. The molecule has 1 atom stereocenters. The zero-order valence-corrected chi connectivity index (χ0v) is 10.5. The molecule has 0 amide bonds. The summed E-state index contributed by atoms with van der Waals surface area (Å²) in [6.07, 6.45) is 1.97. The highest BCUT2D eigenvalue weighted by Gasteiger charge is 2.27. The largest absolute Gasteiger partial charge is 0.392 e. The highest BCUT2D eigenvalue weighted by molar-refractivity contribution is 7.90. The van der Waals surface area contributed by atoms with Crippen LogP contribution in [0.3, 0.4) is 0 Å². The molecule has 0 spiro atoms. The van der Waals surface area contributed by atoms with Crippen LogP contribution in [0.2, 0.25) is 0 Å². The normalized spacial score (nSPS) is 20.9. The molecular formula is C10H21NO4S. The number of ether oxygens (including phenoxy) is 1. The number of aliphatic hydroxyl groups excluding tert-OH is 1. The van der Waals surface area contributed by atoms with E-state index in [0.29, 0.717) is 32.5 Å². The van der Waals surface area contributed by atoms with E-state index in [4.69, 9.17) is 4.74 Å². The SMILES string of the molecule is CCCC(O)CNS(=O)(=O)C1CCOCC1. The van der Waals surface area contributed by atoms with Crippen molar-refractivity contribution in [3.05, 3.63) is 0 Å². The van der Waals surface area contributed by atoms with Crippen molar-refractivity contribution in [2.24, 2.45) is 0 Å². The summed E-state index contributed by atoms with van der Waals surface area (Å²) < 4.78 is 31.2. The lowest BCUT2D eigenvalue weighted by Crippen LogP contribution is -2.41. The molecule has 0 aromatic heterocycles. The Morgan fingerprint density at radius 3 is 2.62 bits per heavy atom. The monoisotopic (exact) mass is 251 g/mol. The second kappa shape index (κ2) is 6.54. The molecule has 1 fully saturated rings. The van der Waals surface area contributed by atoms with E-state index in [2.05, 4.69) is 4.72 Å². The lowest BCUT2D eigenvalue weighted by molar-refractivity contribution is 0.0979. The van der Waals surface area contributed by atoms with Crippen molar-refractivity contribution in [3.63, 3.8) is 0 Å². The van der Waals surface area contributed by atoms with Gasteiger partial charge in [0, 0.05) is 19.8 Å². The van der Waals surface area contributed by atoms with Gasteiger partial charge in [0.1, 0.15) is 0 Å². The van der Waals surface area contributed by atoms with Gasteiger partial charge in [0.15, 0.2) is 0 Å². The fraction of sp³-hybridized carbons (Fsp3) is 1.00. The first-order chi connectivity index (χ1) is 7.56. The van der Waals surface area contributed by atoms with Crippen LogP contribution in [0.25, 0.3) is 0 Å². The Hall–Kier alpha value is -0.170. The Morgan fingerprint density at radius 2 is 2.06 bits per heavy atom. The number of rotatable bonds is 6. The average Bonchev–Trinajstić information content (AvgIpc) is 2.28. The van der Waals surface area contributed by atoms with E-state index in [1.807, 2.05) is 6.92 Å². The standard InChI is InChI=1S/C10H21NO4S/c1-2-3-9(12)8-11-16(13,14)10-4-6-15-7-5-10/h9-12H,2-8H2,1H3. The average molecular weight is 251 g/mol. The molecule has 1 unspecified atom stereocenters. The fourth-order valence-electron chi connectivity index (χ4n) is 1.75. The van der Waals surface area contributed by atoms with Crippen LogP contribution in [0.1, 0.15) is 32.6 Å². The number of hydrogen-bond donors (Lipinski definition) is 2. The molecule has 1 rings (SSSR count). The highest BCUT2D eigenvalue weighted by Crippen LogP contribution is 2.14. The number of aliphatic hydroxyl groups is 1. The van der Waals surface area contributed by atoms with E-state index in [-0.39, 0.29) is 11.8 Å². The van der Waals surface area contributed by atoms with Crippen LogP contribution >= 0.6 is 0 Å². The summed E-state index contributed by atoms with van der Waals surface area (Å²) in [6.45, 7) is 3.08. The summed E-state index contributed by atoms with van der Waals surface area (Å²) in [5.74, 6) is 0. The van der Waals surface area contributed by atoms with Gasteiger partial charge in [-0.3, -0.25) is 0 Å². The number of hydrogen-bond acceptors (Lipinski definition) is 4. The Kier molecular flexibility index (Phi) is 5.68. The van der Waals surface area contributed by atoms with Gasteiger partial charge in [0.2, 0.25) is 10.0 Å². The first kappa shape index (κ1) is 13.9. The minimum atomic E-state index is -3.29. The lowest BCUT2D eigenvalue weighted by atomic mass is 10.2. The van der Waals surface area contributed by atoms with Crippen LogP contribution in [-0.4, -0.2) is 44.6 Å². The molecule has 5 nitrogen and oxygen atoms in total.